The average molecular weight is 334 g/mol. The Bertz CT molecular complexity index is 551. The summed E-state index contributed by atoms with van der Waals surface area (Å²) in [5.74, 6) is 0.111. The van der Waals surface area contributed by atoms with Crippen molar-refractivity contribution in [2.75, 3.05) is 33.3 Å². The summed E-state index contributed by atoms with van der Waals surface area (Å²) < 4.78 is 5.12. The summed E-state index contributed by atoms with van der Waals surface area (Å²) in [6.45, 7) is 4.15. The maximum atomic E-state index is 12.4. The Kier molecular flexibility index (Phi) is 6.61. The van der Waals surface area contributed by atoms with Crippen LogP contribution in [0.25, 0.3) is 0 Å². The molecule has 0 unspecified atom stereocenters. The number of carboxylic acids is 1. The predicted octanol–water partition coefficient (Wildman–Crippen LogP) is 1.64. The summed E-state index contributed by atoms with van der Waals surface area (Å²) in [7, 11) is 1.62. The monoisotopic (exact) mass is 334 g/mol. The van der Waals surface area contributed by atoms with Crippen LogP contribution in [0.5, 0.6) is 5.75 Å². The van der Waals surface area contributed by atoms with Crippen molar-refractivity contribution >= 4 is 11.9 Å². The van der Waals surface area contributed by atoms with Gasteiger partial charge < -0.3 is 14.7 Å². The lowest BCUT2D eigenvalue weighted by Crippen LogP contribution is -2.48. The first kappa shape index (κ1) is 18.3. The molecule has 1 aliphatic heterocycles. The largest absolute Gasteiger partial charge is 0.497 e. The number of carbonyl (C=O) groups is 2. The summed E-state index contributed by atoms with van der Waals surface area (Å²) in [6.07, 6.45) is 2.05. The van der Waals surface area contributed by atoms with Crippen LogP contribution >= 0.6 is 0 Å². The molecule has 2 rings (SSSR count). The number of benzene rings is 1. The minimum Gasteiger partial charge on any atom is -0.497 e. The van der Waals surface area contributed by atoms with Gasteiger partial charge in [0.15, 0.2) is 0 Å². The summed E-state index contributed by atoms with van der Waals surface area (Å²) >= 11 is 0. The molecule has 132 valence electrons. The topological polar surface area (TPSA) is 70.1 Å². The Labute approximate surface area is 143 Å². The zero-order valence-corrected chi connectivity index (χ0v) is 14.4. The highest BCUT2D eigenvalue weighted by Crippen LogP contribution is 2.18. The molecule has 1 aromatic carbocycles. The fraction of sp³-hybridized carbons (Fsp3) is 0.556. The number of carboxylic acid groups (broad SMARTS) is 1. The molecule has 0 aromatic heterocycles. The van der Waals surface area contributed by atoms with Gasteiger partial charge in [-0.2, -0.15) is 0 Å². The number of nitrogens with zero attached hydrogens (tertiary/aromatic N) is 2. The number of amides is 1. The molecule has 1 amide bonds. The number of likely N-dealkylation sites (N-methyl/N-ethyl adjacent to an activating group) is 1. The van der Waals surface area contributed by atoms with E-state index in [2.05, 4.69) is 0 Å². The van der Waals surface area contributed by atoms with Crippen LogP contribution in [0.4, 0.5) is 0 Å². The molecule has 0 spiro atoms. The molecule has 1 heterocycles. The van der Waals surface area contributed by atoms with Gasteiger partial charge in [0.2, 0.25) is 5.91 Å². The SMILES string of the molecule is CCN(CC(=O)O)C1CCN(C(=O)Cc2ccc(OC)cc2)CC1. The summed E-state index contributed by atoms with van der Waals surface area (Å²) in [5.41, 5.74) is 0.976. The standard InChI is InChI=1S/C18H26N2O4/c1-3-19(13-18(22)23)15-8-10-20(11-9-15)17(21)12-14-4-6-16(24-2)7-5-14/h4-7,15H,3,8-13H2,1-2H3,(H,22,23). The average Bonchev–Trinajstić information content (AvgIpc) is 2.60. The zero-order valence-electron chi connectivity index (χ0n) is 14.4. The van der Waals surface area contributed by atoms with Crippen molar-refractivity contribution in [2.24, 2.45) is 0 Å². The van der Waals surface area contributed by atoms with Crippen LogP contribution in [-0.2, 0) is 16.0 Å². The maximum absolute atomic E-state index is 12.4. The Balaban J connectivity index is 1.84. The number of piperidine rings is 1. The van der Waals surface area contributed by atoms with Crippen LogP contribution in [0, 0.1) is 0 Å². The molecule has 1 fully saturated rings. The molecule has 1 aliphatic rings. The van der Waals surface area contributed by atoms with Crippen LogP contribution in [-0.4, -0.2) is 66.1 Å². The van der Waals surface area contributed by atoms with Crippen LogP contribution in [0.15, 0.2) is 24.3 Å². The number of hydrogen-bond donors (Lipinski definition) is 1. The Morgan fingerprint density at radius 3 is 2.38 bits per heavy atom. The lowest BCUT2D eigenvalue weighted by atomic mass is 10.0. The number of hydrogen-bond acceptors (Lipinski definition) is 4. The summed E-state index contributed by atoms with van der Waals surface area (Å²) in [4.78, 5) is 27.2. The Morgan fingerprint density at radius 1 is 1.25 bits per heavy atom. The molecule has 0 saturated carbocycles. The van der Waals surface area contributed by atoms with Gasteiger partial charge in [-0.15, -0.1) is 0 Å². The van der Waals surface area contributed by atoms with Gasteiger partial charge in [-0.1, -0.05) is 19.1 Å². The molecule has 1 saturated heterocycles. The molecule has 1 aromatic rings. The van der Waals surface area contributed by atoms with E-state index in [1.165, 1.54) is 0 Å². The van der Waals surface area contributed by atoms with E-state index in [-0.39, 0.29) is 18.5 Å². The highest BCUT2D eigenvalue weighted by molar-refractivity contribution is 5.79. The fourth-order valence-corrected chi connectivity index (χ4v) is 3.18. The molecule has 6 heteroatoms. The number of ether oxygens (including phenoxy) is 1. The first-order valence-electron chi connectivity index (χ1n) is 8.40. The second-order valence-corrected chi connectivity index (χ2v) is 6.09. The lowest BCUT2D eigenvalue weighted by molar-refractivity contribution is -0.140. The number of likely N-dealkylation sites (tertiary alicyclic amines) is 1. The first-order valence-corrected chi connectivity index (χ1v) is 8.40. The third kappa shape index (κ3) is 4.96. The predicted molar refractivity (Wildman–Crippen MR) is 91.2 cm³/mol. The number of methoxy groups -OCH3 is 1. The molecular formula is C18H26N2O4. The first-order chi connectivity index (χ1) is 11.5. The van der Waals surface area contributed by atoms with E-state index >= 15 is 0 Å². The molecule has 0 aliphatic carbocycles. The number of carbonyl (C=O) groups excluding carboxylic acids is 1. The van der Waals surface area contributed by atoms with E-state index in [0.29, 0.717) is 19.5 Å². The van der Waals surface area contributed by atoms with E-state index in [9.17, 15) is 9.59 Å². The molecular weight excluding hydrogens is 308 g/mol. The van der Waals surface area contributed by atoms with Crippen LogP contribution in [0.3, 0.4) is 0 Å². The van der Waals surface area contributed by atoms with Gasteiger partial charge in [0.05, 0.1) is 20.1 Å². The molecule has 0 atom stereocenters. The van der Waals surface area contributed by atoms with Crippen molar-refractivity contribution in [1.29, 1.82) is 0 Å². The molecule has 0 bridgehead atoms. The van der Waals surface area contributed by atoms with E-state index in [0.717, 1.165) is 30.7 Å². The third-order valence-corrected chi connectivity index (χ3v) is 4.59. The van der Waals surface area contributed by atoms with Crippen LogP contribution in [0.1, 0.15) is 25.3 Å². The quantitative estimate of drug-likeness (QED) is 0.821. The van der Waals surface area contributed by atoms with E-state index in [1.54, 1.807) is 7.11 Å². The summed E-state index contributed by atoms with van der Waals surface area (Å²) in [5, 5.41) is 8.97. The highest BCUT2D eigenvalue weighted by Gasteiger charge is 2.27. The van der Waals surface area contributed by atoms with E-state index in [4.69, 9.17) is 9.84 Å². The smallest absolute Gasteiger partial charge is 0.317 e. The molecule has 0 radical (unpaired) electrons. The van der Waals surface area contributed by atoms with E-state index in [1.807, 2.05) is 41.0 Å². The van der Waals surface area contributed by atoms with Crippen molar-refractivity contribution in [1.82, 2.24) is 9.80 Å². The van der Waals surface area contributed by atoms with Crippen molar-refractivity contribution in [3.63, 3.8) is 0 Å². The molecule has 6 nitrogen and oxygen atoms in total. The van der Waals surface area contributed by atoms with Gasteiger partial charge in [-0.05, 0) is 37.1 Å². The molecule has 1 N–H and O–H groups in total. The normalized spacial score (nSPS) is 15.5. The van der Waals surface area contributed by atoms with Crippen molar-refractivity contribution in [2.45, 2.75) is 32.2 Å². The Hall–Kier alpha value is -2.08. The molecule has 24 heavy (non-hydrogen) atoms. The van der Waals surface area contributed by atoms with Gasteiger partial charge in [0.1, 0.15) is 5.75 Å². The maximum Gasteiger partial charge on any atom is 0.317 e. The van der Waals surface area contributed by atoms with Crippen molar-refractivity contribution in [3.05, 3.63) is 29.8 Å². The highest BCUT2D eigenvalue weighted by atomic mass is 16.5. The third-order valence-electron chi connectivity index (χ3n) is 4.59. The van der Waals surface area contributed by atoms with Gasteiger partial charge in [-0.3, -0.25) is 14.5 Å². The minimum atomic E-state index is -0.796. The van der Waals surface area contributed by atoms with Gasteiger partial charge in [-0.25, -0.2) is 0 Å². The second kappa shape index (κ2) is 8.68. The minimum absolute atomic E-state index is 0.0704. The van der Waals surface area contributed by atoms with E-state index < -0.39 is 5.97 Å². The van der Waals surface area contributed by atoms with Gasteiger partial charge in [0.25, 0.3) is 0 Å². The summed E-state index contributed by atoms with van der Waals surface area (Å²) in [6, 6.07) is 7.79. The van der Waals surface area contributed by atoms with Gasteiger partial charge in [0, 0.05) is 19.1 Å². The second-order valence-electron chi connectivity index (χ2n) is 6.09. The zero-order chi connectivity index (χ0) is 17.5. The van der Waals surface area contributed by atoms with Gasteiger partial charge >= 0.3 is 5.97 Å². The van der Waals surface area contributed by atoms with Crippen molar-refractivity contribution in [3.8, 4) is 5.75 Å². The van der Waals surface area contributed by atoms with Crippen LogP contribution in [0.2, 0.25) is 0 Å². The Morgan fingerprint density at radius 2 is 1.88 bits per heavy atom. The van der Waals surface area contributed by atoms with Crippen molar-refractivity contribution < 1.29 is 19.4 Å². The fourth-order valence-electron chi connectivity index (χ4n) is 3.18. The lowest BCUT2D eigenvalue weighted by Gasteiger charge is -2.37. The number of aliphatic carboxylic acids is 1. The number of rotatable bonds is 7. The van der Waals surface area contributed by atoms with Crippen LogP contribution < -0.4 is 4.74 Å².